The minimum Gasteiger partial charge on any atom is -0.361 e. The first-order chi connectivity index (χ1) is 8.88. The van der Waals surface area contributed by atoms with E-state index in [-0.39, 0.29) is 6.04 Å². The molecule has 0 saturated heterocycles. The number of aryl methyl sites for hydroxylation is 1. The Balaban J connectivity index is 1.89. The number of H-pyrrole nitrogens is 1. The number of nitrogens with zero attached hydrogens (tertiary/aromatic N) is 3. The van der Waals surface area contributed by atoms with Crippen molar-refractivity contribution in [2.24, 2.45) is 0 Å². The number of nitriles is 1. The minimum atomic E-state index is 0.165. The number of nitrogens with one attached hydrogen (secondary N) is 2. The Hall–Kier alpha value is -2.35. The lowest BCUT2D eigenvalue weighted by atomic mass is 9.93. The second kappa shape index (κ2) is 4.49. The SMILES string of the molecule is N#Cc1cccnc1N[C@@H]1CCCc2cn[nH]c21. The molecule has 1 atom stereocenters. The van der Waals surface area contributed by atoms with E-state index in [4.69, 9.17) is 5.26 Å². The zero-order valence-electron chi connectivity index (χ0n) is 9.85. The molecule has 5 heteroatoms. The Morgan fingerprint density at radius 3 is 3.33 bits per heavy atom. The lowest BCUT2D eigenvalue weighted by molar-refractivity contribution is 0.586. The lowest BCUT2D eigenvalue weighted by Gasteiger charge is -2.23. The van der Waals surface area contributed by atoms with E-state index in [9.17, 15) is 0 Å². The van der Waals surface area contributed by atoms with Crippen LogP contribution in [-0.2, 0) is 6.42 Å². The van der Waals surface area contributed by atoms with Gasteiger partial charge in [-0.25, -0.2) is 4.98 Å². The van der Waals surface area contributed by atoms with Gasteiger partial charge in [-0.2, -0.15) is 10.4 Å². The number of anilines is 1. The summed E-state index contributed by atoms with van der Waals surface area (Å²) in [7, 11) is 0. The fraction of sp³-hybridized carbons (Fsp3) is 0.308. The van der Waals surface area contributed by atoms with Gasteiger partial charge in [0.2, 0.25) is 0 Å². The monoisotopic (exact) mass is 239 g/mol. The van der Waals surface area contributed by atoms with Gasteiger partial charge < -0.3 is 5.32 Å². The third-order valence-corrected chi connectivity index (χ3v) is 3.28. The van der Waals surface area contributed by atoms with Gasteiger partial charge in [-0.15, -0.1) is 0 Å². The maximum atomic E-state index is 9.05. The maximum Gasteiger partial charge on any atom is 0.144 e. The van der Waals surface area contributed by atoms with Gasteiger partial charge in [-0.05, 0) is 37.0 Å². The molecule has 0 aliphatic heterocycles. The summed E-state index contributed by atoms with van der Waals surface area (Å²) in [4.78, 5) is 4.23. The zero-order valence-corrected chi connectivity index (χ0v) is 9.85. The number of aromatic nitrogens is 3. The molecule has 0 saturated carbocycles. The number of pyridine rings is 1. The first kappa shape index (κ1) is 10.8. The predicted octanol–water partition coefficient (Wildman–Crippen LogP) is 2.17. The normalized spacial score (nSPS) is 17.8. The summed E-state index contributed by atoms with van der Waals surface area (Å²) in [5.74, 6) is 0.646. The highest BCUT2D eigenvalue weighted by Gasteiger charge is 2.22. The topological polar surface area (TPSA) is 77.4 Å². The maximum absolute atomic E-state index is 9.05. The van der Waals surface area contributed by atoms with E-state index in [1.165, 1.54) is 5.56 Å². The molecule has 0 aromatic carbocycles. The highest BCUT2D eigenvalue weighted by molar-refractivity contribution is 5.52. The zero-order chi connectivity index (χ0) is 12.4. The van der Waals surface area contributed by atoms with Gasteiger partial charge in [-0.1, -0.05) is 0 Å². The molecule has 2 N–H and O–H groups in total. The van der Waals surface area contributed by atoms with Crippen LogP contribution in [0.15, 0.2) is 24.5 Å². The molecule has 18 heavy (non-hydrogen) atoms. The van der Waals surface area contributed by atoms with Gasteiger partial charge in [0.15, 0.2) is 0 Å². The molecular weight excluding hydrogens is 226 g/mol. The van der Waals surface area contributed by atoms with Gasteiger partial charge in [0, 0.05) is 6.20 Å². The number of hydrogen-bond acceptors (Lipinski definition) is 4. The van der Waals surface area contributed by atoms with Crippen LogP contribution in [0.3, 0.4) is 0 Å². The quantitative estimate of drug-likeness (QED) is 0.841. The van der Waals surface area contributed by atoms with Crippen molar-refractivity contribution < 1.29 is 0 Å². The van der Waals surface area contributed by atoms with Crippen molar-refractivity contribution in [2.75, 3.05) is 5.32 Å². The van der Waals surface area contributed by atoms with Crippen LogP contribution in [0.25, 0.3) is 0 Å². The molecule has 5 nitrogen and oxygen atoms in total. The van der Waals surface area contributed by atoms with Crippen LogP contribution >= 0.6 is 0 Å². The Labute approximate surface area is 105 Å². The predicted molar refractivity (Wildman–Crippen MR) is 66.8 cm³/mol. The Bertz CT molecular complexity index is 595. The molecule has 90 valence electrons. The molecule has 3 rings (SSSR count). The number of aromatic amines is 1. The highest BCUT2D eigenvalue weighted by Crippen LogP contribution is 2.30. The van der Waals surface area contributed by atoms with Gasteiger partial charge >= 0.3 is 0 Å². The van der Waals surface area contributed by atoms with Crippen molar-refractivity contribution in [1.82, 2.24) is 15.2 Å². The van der Waals surface area contributed by atoms with Crippen molar-refractivity contribution >= 4 is 5.82 Å². The molecule has 0 fully saturated rings. The molecule has 1 aliphatic carbocycles. The number of hydrogen-bond donors (Lipinski definition) is 2. The summed E-state index contributed by atoms with van der Waals surface area (Å²) in [6.07, 6.45) is 6.79. The van der Waals surface area contributed by atoms with Gasteiger partial charge in [0.25, 0.3) is 0 Å². The number of fused-ring (bicyclic) bond motifs is 1. The Kier molecular flexibility index (Phi) is 2.69. The van der Waals surface area contributed by atoms with E-state index in [0.29, 0.717) is 11.4 Å². The number of rotatable bonds is 2. The van der Waals surface area contributed by atoms with Crippen molar-refractivity contribution in [3.05, 3.63) is 41.3 Å². The summed E-state index contributed by atoms with van der Waals surface area (Å²) in [5, 5.41) is 19.5. The molecule has 0 radical (unpaired) electrons. The molecule has 2 heterocycles. The van der Waals surface area contributed by atoms with Crippen LogP contribution < -0.4 is 5.32 Å². The average molecular weight is 239 g/mol. The van der Waals surface area contributed by atoms with E-state index >= 15 is 0 Å². The lowest BCUT2D eigenvalue weighted by Crippen LogP contribution is -2.18. The van der Waals surface area contributed by atoms with E-state index in [0.717, 1.165) is 25.0 Å². The summed E-state index contributed by atoms with van der Waals surface area (Å²) in [5.41, 5.74) is 2.95. The van der Waals surface area contributed by atoms with Crippen LogP contribution in [0.5, 0.6) is 0 Å². The summed E-state index contributed by atoms with van der Waals surface area (Å²) in [6.45, 7) is 0. The average Bonchev–Trinajstić information content (AvgIpc) is 2.89. The van der Waals surface area contributed by atoms with Crippen molar-refractivity contribution in [3.8, 4) is 6.07 Å². The second-order valence-electron chi connectivity index (χ2n) is 4.41. The van der Waals surface area contributed by atoms with Crippen molar-refractivity contribution in [3.63, 3.8) is 0 Å². The van der Waals surface area contributed by atoms with Gasteiger partial charge in [0.05, 0.1) is 23.5 Å². The smallest absolute Gasteiger partial charge is 0.144 e. The minimum absolute atomic E-state index is 0.165. The van der Waals surface area contributed by atoms with Crippen molar-refractivity contribution in [1.29, 1.82) is 5.26 Å². The van der Waals surface area contributed by atoms with Gasteiger partial charge in [0.1, 0.15) is 11.9 Å². The Morgan fingerprint density at radius 2 is 2.44 bits per heavy atom. The summed E-state index contributed by atoms with van der Waals surface area (Å²) >= 11 is 0. The molecule has 0 bridgehead atoms. The highest BCUT2D eigenvalue weighted by atomic mass is 15.1. The first-order valence-electron chi connectivity index (χ1n) is 6.02. The fourth-order valence-electron chi connectivity index (χ4n) is 2.38. The first-order valence-corrected chi connectivity index (χ1v) is 6.02. The molecule has 0 unspecified atom stereocenters. The molecule has 0 amide bonds. The van der Waals surface area contributed by atoms with Crippen LogP contribution in [0.1, 0.15) is 35.7 Å². The van der Waals surface area contributed by atoms with Crippen LogP contribution in [0.4, 0.5) is 5.82 Å². The van der Waals surface area contributed by atoms with Crippen LogP contribution in [-0.4, -0.2) is 15.2 Å². The Morgan fingerprint density at radius 1 is 1.50 bits per heavy atom. The molecule has 2 aromatic rings. The molecule has 0 spiro atoms. The van der Waals surface area contributed by atoms with E-state index < -0.39 is 0 Å². The molecule has 1 aliphatic rings. The van der Waals surface area contributed by atoms with Gasteiger partial charge in [-0.3, -0.25) is 5.10 Å². The third kappa shape index (κ3) is 1.82. The van der Waals surface area contributed by atoms with Crippen LogP contribution in [0.2, 0.25) is 0 Å². The largest absolute Gasteiger partial charge is 0.361 e. The van der Waals surface area contributed by atoms with Crippen molar-refractivity contribution in [2.45, 2.75) is 25.3 Å². The summed E-state index contributed by atoms with van der Waals surface area (Å²) in [6, 6.07) is 5.86. The summed E-state index contributed by atoms with van der Waals surface area (Å²) < 4.78 is 0. The van der Waals surface area contributed by atoms with E-state index in [1.807, 2.05) is 6.20 Å². The third-order valence-electron chi connectivity index (χ3n) is 3.28. The standard InChI is InChI=1S/C13H13N5/c14-7-9-4-2-6-15-13(9)17-11-5-1-3-10-8-16-18-12(10)11/h2,4,6,8,11H,1,3,5H2,(H,15,17)(H,16,18)/t11-/m1/s1. The molecule has 2 aromatic heterocycles. The fourth-order valence-corrected chi connectivity index (χ4v) is 2.38. The second-order valence-corrected chi connectivity index (χ2v) is 4.41. The molecular formula is C13H13N5. The van der Waals surface area contributed by atoms with E-state index in [1.54, 1.807) is 18.3 Å². The van der Waals surface area contributed by atoms with E-state index in [2.05, 4.69) is 26.6 Å². The van der Waals surface area contributed by atoms with Crippen LogP contribution in [0, 0.1) is 11.3 Å².